The number of thioether (sulfide) groups is 1. The molecule has 18 heavy (non-hydrogen) atoms. The lowest BCUT2D eigenvalue weighted by Gasteiger charge is -2.18. The number of methoxy groups -OCH3 is 1. The van der Waals surface area contributed by atoms with Crippen molar-refractivity contribution < 1.29 is 9.53 Å². The highest BCUT2D eigenvalue weighted by Crippen LogP contribution is 2.39. The Hall–Kier alpha value is -1.16. The molecule has 1 amide bonds. The summed E-state index contributed by atoms with van der Waals surface area (Å²) in [6.45, 7) is 3.00. The predicted octanol–water partition coefficient (Wildman–Crippen LogP) is 2.72. The van der Waals surface area contributed by atoms with Crippen LogP contribution in [0.4, 0.5) is 0 Å². The van der Waals surface area contributed by atoms with Crippen LogP contribution in [-0.2, 0) is 4.79 Å². The van der Waals surface area contributed by atoms with Crippen molar-refractivity contribution in [1.29, 1.82) is 0 Å². The molecule has 1 fully saturated rings. The number of carbonyl (C=O) groups excluding carboxylic acids is 1. The first-order valence-corrected chi connectivity index (χ1v) is 7.11. The van der Waals surface area contributed by atoms with E-state index in [2.05, 4.69) is 13.0 Å². The maximum atomic E-state index is 11.9. The number of amides is 1. The molecule has 0 spiro atoms. The van der Waals surface area contributed by atoms with Gasteiger partial charge in [0.2, 0.25) is 5.91 Å². The van der Waals surface area contributed by atoms with Crippen molar-refractivity contribution in [3.8, 4) is 5.75 Å². The third-order valence-corrected chi connectivity index (χ3v) is 4.75. The highest BCUT2D eigenvalue weighted by Gasteiger charge is 2.31. The Bertz CT molecular complexity index is 436. The first-order valence-electron chi connectivity index (χ1n) is 6.17. The fourth-order valence-corrected chi connectivity index (χ4v) is 3.61. The van der Waals surface area contributed by atoms with Crippen LogP contribution in [0.2, 0.25) is 0 Å². The maximum absolute atomic E-state index is 11.9. The Morgan fingerprint density at radius 3 is 2.78 bits per heavy atom. The molecule has 1 saturated heterocycles. The third-order valence-electron chi connectivity index (χ3n) is 3.32. The molecule has 0 N–H and O–H groups in total. The summed E-state index contributed by atoms with van der Waals surface area (Å²) in [7, 11) is 3.56. The first-order chi connectivity index (χ1) is 8.63. The Balaban J connectivity index is 2.08. The summed E-state index contributed by atoms with van der Waals surface area (Å²) in [6.07, 6.45) is 0.944. The number of likely N-dealkylation sites (tertiary alicyclic amines) is 1. The molecule has 4 heteroatoms. The molecular formula is C14H19NO2S. The van der Waals surface area contributed by atoms with Crippen molar-refractivity contribution in [2.45, 2.75) is 23.8 Å². The van der Waals surface area contributed by atoms with E-state index in [9.17, 15) is 4.79 Å². The fourth-order valence-electron chi connectivity index (χ4n) is 2.24. The van der Waals surface area contributed by atoms with Gasteiger partial charge in [0.05, 0.1) is 12.4 Å². The molecule has 0 aliphatic carbocycles. The topological polar surface area (TPSA) is 29.5 Å². The largest absolute Gasteiger partial charge is 0.496 e. The van der Waals surface area contributed by atoms with Gasteiger partial charge in [-0.1, -0.05) is 18.2 Å². The minimum Gasteiger partial charge on any atom is -0.496 e. The summed E-state index contributed by atoms with van der Waals surface area (Å²) < 4.78 is 5.37. The number of ether oxygens (including phenoxy) is 1. The summed E-state index contributed by atoms with van der Waals surface area (Å²) in [6, 6.07) is 8.01. The van der Waals surface area contributed by atoms with E-state index in [1.165, 1.54) is 0 Å². The zero-order chi connectivity index (χ0) is 13.1. The van der Waals surface area contributed by atoms with Crippen molar-refractivity contribution in [3.05, 3.63) is 29.8 Å². The second-order valence-electron chi connectivity index (χ2n) is 4.56. The normalized spacial score (nSPS) is 21.2. The van der Waals surface area contributed by atoms with Crippen LogP contribution in [0.5, 0.6) is 5.75 Å². The van der Waals surface area contributed by atoms with Gasteiger partial charge in [-0.25, -0.2) is 0 Å². The van der Waals surface area contributed by atoms with Crippen LogP contribution in [0, 0.1) is 0 Å². The Morgan fingerprint density at radius 1 is 1.44 bits per heavy atom. The van der Waals surface area contributed by atoms with E-state index in [4.69, 9.17) is 4.74 Å². The number of nitrogens with zero attached hydrogens (tertiary/aromatic N) is 1. The molecule has 98 valence electrons. The quantitative estimate of drug-likeness (QED) is 0.838. The molecule has 0 saturated carbocycles. The molecule has 1 aromatic carbocycles. The zero-order valence-electron chi connectivity index (χ0n) is 11.1. The molecule has 0 bridgehead atoms. The molecule has 2 unspecified atom stereocenters. The number of benzene rings is 1. The van der Waals surface area contributed by atoms with Gasteiger partial charge in [-0.2, -0.15) is 0 Å². The van der Waals surface area contributed by atoms with E-state index < -0.39 is 0 Å². The van der Waals surface area contributed by atoms with Gasteiger partial charge in [-0.15, -0.1) is 11.8 Å². The standard InChI is InChI=1S/C14H19NO2S/c1-10(11-6-4-5-7-12(11)17-3)18-13-8-9-15(2)14(13)16/h4-7,10,13H,8-9H2,1-3H3. The molecule has 0 aromatic heterocycles. The first kappa shape index (κ1) is 13.3. The number of hydrogen-bond acceptors (Lipinski definition) is 3. The van der Waals surface area contributed by atoms with Crippen LogP contribution in [0.15, 0.2) is 24.3 Å². The van der Waals surface area contributed by atoms with Crippen LogP contribution in [0.1, 0.15) is 24.2 Å². The summed E-state index contributed by atoms with van der Waals surface area (Å²) in [5.41, 5.74) is 1.16. The van der Waals surface area contributed by atoms with Crippen molar-refractivity contribution >= 4 is 17.7 Å². The van der Waals surface area contributed by atoms with Crippen LogP contribution in [0.3, 0.4) is 0 Å². The minimum absolute atomic E-state index is 0.0925. The lowest BCUT2D eigenvalue weighted by molar-refractivity contribution is -0.126. The van der Waals surface area contributed by atoms with Crippen LogP contribution >= 0.6 is 11.8 Å². The van der Waals surface area contributed by atoms with Crippen LogP contribution < -0.4 is 4.74 Å². The van der Waals surface area contributed by atoms with E-state index in [1.807, 2.05) is 30.1 Å². The van der Waals surface area contributed by atoms with Gasteiger partial charge in [0.15, 0.2) is 0 Å². The number of hydrogen-bond donors (Lipinski definition) is 0. The highest BCUT2D eigenvalue weighted by molar-refractivity contribution is 8.00. The second kappa shape index (κ2) is 5.65. The minimum atomic E-state index is 0.0925. The van der Waals surface area contributed by atoms with E-state index in [-0.39, 0.29) is 16.4 Å². The average Bonchev–Trinajstić information content (AvgIpc) is 2.70. The third kappa shape index (κ3) is 2.64. The van der Waals surface area contributed by atoms with Crippen molar-refractivity contribution in [3.63, 3.8) is 0 Å². The molecule has 2 atom stereocenters. The lowest BCUT2D eigenvalue weighted by Crippen LogP contribution is -2.24. The van der Waals surface area contributed by atoms with Crippen molar-refractivity contribution in [1.82, 2.24) is 4.90 Å². The second-order valence-corrected chi connectivity index (χ2v) is 6.11. The molecular weight excluding hydrogens is 246 g/mol. The zero-order valence-corrected chi connectivity index (χ0v) is 11.9. The van der Waals surface area contributed by atoms with Gasteiger partial charge in [0, 0.05) is 24.4 Å². The van der Waals surface area contributed by atoms with Gasteiger partial charge in [-0.05, 0) is 19.4 Å². The van der Waals surface area contributed by atoms with Crippen LogP contribution in [-0.4, -0.2) is 36.8 Å². The monoisotopic (exact) mass is 265 g/mol. The average molecular weight is 265 g/mol. The van der Waals surface area contributed by atoms with Gasteiger partial charge in [-0.3, -0.25) is 4.79 Å². The Kier molecular flexibility index (Phi) is 4.17. The fraction of sp³-hybridized carbons (Fsp3) is 0.500. The van der Waals surface area contributed by atoms with E-state index in [1.54, 1.807) is 18.9 Å². The van der Waals surface area contributed by atoms with E-state index in [0.717, 1.165) is 24.3 Å². The Labute approximate surface area is 113 Å². The Morgan fingerprint density at radius 2 is 2.17 bits per heavy atom. The van der Waals surface area contributed by atoms with Gasteiger partial charge in [0.1, 0.15) is 5.75 Å². The maximum Gasteiger partial charge on any atom is 0.235 e. The summed E-state index contributed by atoms with van der Waals surface area (Å²) >= 11 is 1.73. The lowest BCUT2D eigenvalue weighted by atomic mass is 10.1. The van der Waals surface area contributed by atoms with Gasteiger partial charge >= 0.3 is 0 Å². The van der Waals surface area contributed by atoms with E-state index in [0.29, 0.717) is 0 Å². The molecule has 2 rings (SSSR count). The molecule has 3 nitrogen and oxygen atoms in total. The van der Waals surface area contributed by atoms with Crippen molar-refractivity contribution in [2.75, 3.05) is 20.7 Å². The van der Waals surface area contributed by atoms with Crippen molar-refractivity contribution in [2.24, 2.45) is 0 Å². The predicted molar refractivity (Wildman–Crippen MR) is 75.0 cm³/mol. The summed E-state index contributed by atoms with van der Waals surface area (Å²) in [5, 5.41) is 0.358. The van der Waals surface area contributed by atoms with E-state index >= 15 is 0 Å². The highest BCUT2D eigenvalue weighted by atomic mass is 32.2. The summed E-state index contributed by atoms with van der Waals surface area (Å²) in [4.78, 5) is 13.7. The smallest absolute Gasteiger partial charge is 0.235 e. The van der Waals surface area contributed by atoms with Gasteiger partial charge < -0.3 is 9.64 Å². The molecule has 1 aliphatic heterocycles. The SMILES string of the molecule is COc1ccccc1C(C)SC1CCN(C)C1=O. The number of para-hydroxylation sites is 1. The number of rotatable bonds is 4. The summed E-state index contributed by atoms with van der Waals surface area (Å²) in [5.74, 6) is 1.15. The molecule has 1 aromatic rings. The molecule has 1 aliphatic rings. The number of carbonyl (C=O) groups is 1. The molecule has 1 heterocycles. The van der Waals surface area contributed by atoms with Crippen LogP contribution in [0.25, 0.3) is 0 Å². The molecule has 0 radical (unpaired) electrons. The van der Waals surface area contributed by atoms with Gasteiger partial charge in [0.25, 0.3) is 0 Å².